The molecule has 2 heteroatoms. The summed E-state index contributed by atoms with van der Waals surface area (Å²) in [7, 11) is 0. The van der Waals surface area contributed by atoms with Crippen LogP contribution in [0.2, 0.25) is 0 Å². The summed E-state index contributed by atoms with van der Waals surface area (Å²) in [5.41, 5.74) is 25.6. The second-order valence-corrected chi connectivity index (χ2v) is 23.5. The van der Waals surface area contributed by atoms with Crippen LogP contribution in [0.25, 0.3) is 88.3 Å². The van der Waals surface area contributed by atoms with Crippen LogP contribution in [0.3, 0.4) is 0 Å². The van der Waals surface area contributed by atoms with Gasteiger partial charge in [-0.2, -0.15) is 0 Å². The van der Waals surface area contributed by atoms with Crippen molar-refractivity contribution in [2.24, 2.45) is 0 Å². The minimum Gasteiger partial charge on any atom is -0.455 e. The van der Waals surface area contributed by atoms with Gasteiger partial charge in [0.25, 0.3) is 0 Å². The molecule has 382 valence electrons. The number of nitrogens with zero attached hydrogens (tertiary/aromatic N) is 1. The average molecular weight is 1030 g/mol. The highest BCUT2D eigenvalue weighted by molar-refractivity contribution is 6.10. The molecular weight excluding hydrogens is 967 g/mol. The first-order valence-corrected chi connectivity index (χ1v) is 28.2. The van der Waals surface area contributed by atoms with E-state index in [-0.39, 0.29) is 10.8 Å². The maximum absolute atomic E-state index is 6.57. The third kappa shape index (κ3) is 7.11. The van der Waals surface area contributed by atoms with Gasteiger partial charge in [0.05, 0.1) is 11.1 Å². The average Bonchev–Trinajstić information content (AvgIpc) is 3.39. The monoisotopic (exact) mass is 1030 g/mol. The van der Waals surface area contributed by atoms with Crippen molar-refractivity contribution in [3.63, 3.8) is 0 Å². The number of rotatable bonds is 8. The number of furan rings is 1. The zero-order valence-corrected chi connectivity index (χ0v) is 45.8. The van der Waals surface area contributed by atoms with E-state index in [4.69, 9.17) is 4.42 Å². The van der Waals surface area contributed by atoms with Gasteiger partial charge in [0, 0.05) is 38.5 Å². The Morgan fingerprint density at radius 3 is 1.65 bits per heavy atom. The molecule has 15 rings (SSSR count). The second-order valence-electron chi connectivity index (χ2n) is 23.5. The summed E-state index contributed by atoms with van der Waals surface area (Å²) in [5.74, 6) is 0. The highest BCUT2D eigenvalue weighted by Gasteiger charge is 2.50. The molecule has 0 spiro atoms. The van der Waals surface area contributed by atoms with Crippen LogP contribution in [0, 0.1) is 0 Å². The fraction of sp³-hybridized carbons (Fsp3) is 0.103. The molecule has 0 radical (unpaired) electrons. The van der Waals surface area contributed by atoms with Crippen LogP contribution in [0.1, 0.15) is 73.6 Å². The van der Waals surface area contributed by atoms with Crippen molar-refractivity contribution >= 4 is 49.8 Å². The van der Waals surface area contributed by atoms with Crippen LogP contribution >= 0.6 is 0 Å². The van der Waals surface area contributed by atoms with Crippen molar-refractivity contribution in [2.75, 3.05) is 4.90 Å². The maximum atomic E-state index is 6.57. The van der Waals surface area contributed by atoms with Gasteiger partial charge in [-0.3, -0.25) is 0 Å². The van der Waals surface area contributed by atoms with Gasteiger partial charge in [-0.15, -0.1) is 0 Å². The Morgan fingerprint density at radius 2 is 0.912 bits per heavy atom. The Balaban J connectivity index is 0.942. The van der Waals surface area contributed by atoms with Crippen LogP contribution in [0.5, 0.6) is 0 Å². The summed E-state index contributed by atoms with van der Waals surface area (Å²) in [6.07, 6.45) is 0. The molecule has 0 amide bonds. The standard InChI is InChI=1S/C78H59NO/c1-76(2,3)68-46-44-58(50-22-9-6-10-23-50)73-66-42-38-52(48-70(66)78(74(68)73,53-24-11-7-12-25-53)54-26-13-8-14-27-54)57-45-47-71(63-30-16-15-28-60(57)63)79(56-41-43-62-61-29-17-19-34-67(61)77(4,5)69(62)49-56)55-39-36-51(37-40-55)59-32-21-33-65-64-31-18-20-35-72(64)80-75(59)65/h6-49H,1-5H3. The number of fused-ring (bicyclic) bond motifs is 10. The number of benzene rings is 12. The van der Waals surface area contributed by atoms with Crippen molar-refractivity contribution in [1.29, 1.82) is 0 Å². The zero-order chi connectivity index (χ0) is 53.9. The molecule has 12 aromatic carbocycles. The van der Waals surface area contributed by atoms with E-state index in [1.165, 1.54) is 94.2 Å². The Morgan fingerprint density at radius 1 is 0.362 bits per heavy atom. The molecular formula is C78H59NO. The molecule has 0 saturated heterocycles. The normalized spacial score (nSPS) is 13.8. The lowest BCUT2D eigenvalue weighted by molar-refractivity contribution is 0.572. The Hall–Kier alpha value is -9.50. The van der Waals surface area contributed by atoms with Crippen molar-refractivity contribution in [3.8, 4) is 55.6 Å². The fourth-order valence-electron chi connectivity index (χ4n) is 14.0. The van der Waals surface area contributed by atoms with Gasteiger partial charge in [0.1, 0.15) is 11.2 Å². The maximum Gasteiger partial charge on any atom is 0.143 e. The summed E-state index contributed by atoms with van der Waals surface area (Å²) in [6, 6.07) is 99.4. The summed E-state index contributed by atoms with van der Waals surface area (Å²) in [4.78, 5) is 2.48. The van der Waals surface area contributed by atoms with E-state index in [9.17, 15) is 0 Å². The Kier molecular flexibility index (Phi) is 10.7. The van der Waals surface area contributed by atoms with E-state index < -0.39 is 5.41 Å². The summed E-state index contributed by atoms with van der Waals surface area (Å²) in [5, 5.41) is 4.62. The van der Waals surface area contributed by atoms with Gasteiger partial charge in [-0.1, -0.05) is 259 Å². The third-order valence-corrected chi connectivity index (χ3v) is 17.7. The largest absolute Gasteiger partial charge is 0.455 e. The van der Waals surface area contributed by atoms with Crippen LogP contribution in [0.15, 0.2) is 271 Å². The molecule has 0 unspecified atom stereocenters. The summed E-state index contributed by atoms with van der Waals surface area (Å²) < 4.78 is 6.57. The Bertz CT molecular complexity index is 4540. The number of para-hydroxylation sites is 2. The third-order valence-electron chi connectivity index (χ3n) is 17.7. The smallest absolute Gasteiger partial charge is 0.143 e. The van der Waals surface area contributed by atoms with Crippen LogP contribution in [-0.4, -0.2) is 0 Å². The lowest BCUT2D eigenvalue weighted by Crippen LogP contribution is -2.32. The SMILES string of the molecule is CC(C)(C)c1ccc(-c2ccccc2)c2c1C(c1ccccc1)(c1ccccc1)c1cc(-c3ccc(N(c4ccc(-c5cccc6c5oc5ccccc56)cc4)c4ccc5c(c4)C(C)(C)c4ccccc4-5)c4ccccc34)ccc1-2. The number of hydrogen-bond donors (Lipinski definition) is 0. The Labute approximate surface area is 468 Å². The molecule has 2 aliphatic carbocycles. The van der Waals surface area contributed by atoms with Gasteiger partial charge < -0.3 is 9.32 Å². The number of anilines is 3. The van der Waals surface area contributed by atoms with Gasteiger partial charge in [-0.05, 0) is 142 Å². The fourth-order valence-corrected chi connectivity index (χ4v) is 14.0. The molecule has 0 N–H and O–H groups in total. The first-order valence-electron chi connectivity index (χ1n) is 28.2. The topological polar surface area (TPSA) is 16.4 Å². The highest BCUT2D eigenvalue weighted by Crippen LogP contribution is 2.62. The summed E-state index contributed by atoms with van der Waals surface area (Å²) in [6.45, 7) is 11.9. The first-order chi connectivity index (χ1) is 39.1. The molecule has 0 bridgehead atoms. The van der Waals surface area contributed by atoms with E-state index in [1.807, 2.05) is 6.07 Å². The molecule has 80 heavy (non-hydrogen) atoms. The lowest BCUT2D eigenvalue weighted by Gasteiger charge is -2.38. The minimum atomic E-state index is -0.619. The highest BCUT2D eigenvalue weighted by atomic mass is 16.3. The molecule has 13 aromatic rings. The number of hydrogen-bond acceptors (Lipinski definition) is 2. The first kappa shape index (κ1) is 47.7. The summed E-state index contributed by atoms with van der Waals surface area (Å²) >= 11 is 0. The molecule has 2 nitrogen and oxygen atoms in total. The minimum absolute atomic E-state index is 0.154. The quantitative estimate of drug-likeness (QED) is 0.151. The molecule has 0 atom stereocenters. The van der Waals surface area contributed by atoms with E-state index in [1.54, 1.807) is 0 Å². The van der Waals surface area contributed by atoms with E-state index in [0.717, 1.165) is 50.1 Å². The van der Waals surface area contributed by atoms with Gasteiger partial charge >= 0.3 is 0 Å². The predicted molar refractivity (Wildman–Crippen MR) is 336 cm³/mol. The molecule has 1 aromatic heterocycles. The van der Waals surface area contributed by atoms with E-state index in [2.05, 4.69) is 300 Å². The van der Waals surface area contributed by atoms with Crippen molar-refractivity contribution in [1.82, 2.24) is 0 Å². The van der Waals surface area contributed by atoms with Crippen LogP contribution in [-0.2, 0) is 16.2 Å². The van der Waals surface area contributed by atoms with Gasteiger partial charge in [0.2, 0.25) is 0 Å². The zero-order valence-electron chi connectivity index (χ0n) is 45.8. The van der Waals surface area contributed by atoms with E-state index >= 15 is 0 Å². The lowest BCUT2D eigenvalue weighted by atomic mass is 9.64. The van der Waals surface area contributed by atoms with Crippen molar-refractivity contribution in [2.45, 2.75) is 50.9 Å². The van der Waals surface area contributed by atoms with Gasteiger partial charge in [0.15, 0.2) is 0 Å². The molecule has 0 aliphatic heterocycles. The van der Waals surface area contributed by atoms with Crippen molar-refractivity contribution < 1.29 is 4.42 Å². The molecule has 1 heterocycles. The molecule has 2 aliphatic rings. The molecule has 0 saturated carbocycles. The van der Waals surface area contributed by atoms with Crippen molar-refractivity contribution in [3.05, 3.63) is 306 Å². The second kappa shape index (κ2) is 18.0. The van der Waals surface area contributed by atoms with Crippen LogP contribution < -0.4 is 4.90 Å². The molecule has 0 fully saturated rings. The van der Waals surface area contributed by atoms with Crippen LogP contribution in [0.4, 0.5) is 17.1 Å². The predicted octanol–water partition coefficient (Wildman–Crippen LogP) is 21.2. The van der Waals surface area contributed by atoms with Gasteiger partial charge in [-0.25, -0.2) is 0 Å². The van der Waals surface area contributed by atoms with E-state index in [0.29, 0.717) is 0 Å².